The van der Waals surface area contributed by atoms with Crippen LogP contribution in [0.1, 0.15) is 37.3 Å². The van der Waals surface area contributed by atoms with E-state index in [9.17, 15) is 0 Å². The number of hydrogen-bond donors (Lipinski definition) is 0. The van der Waals surface area contributed by atoms with Gasteiger partial charge in [0, 0.05) is 37.9 Å². The lowest BCUT2D eigenvalue weighted by molar-refractivity contribution is 0.184. The molecule has 1 saturated heterocycles. The molecule has 0 bridgehead atoms. The first-order valence-corrected chi connectivity index (χ1v) is 8.20. The molecule has 0 N–H and O–H groups in total. The van der Waals surface area contributed by atoms with E-state index in [1.807, 2.05) is 0 Å². The van der Waals surface area contributed by atoms with Crippen LogP contribution >= 0.6 is 0 Å². The van der Waals surface area contributed by atoms with Crippen molar-refractivity contribution in [3.8, 4) is 0 Å². The number of rotatable bonds is 2. The van der Waals surface area contributed by atoms with Crippen LogP contribution in [0.25, 0.3) is 0 Å². The first-order chi connectivity index (χ1) is 9.63. The first-order valence-electron chi connectivity index (χ1n) is 8.20. The summed E-state index contributed by atoms with van der Waals surface area (Å²) >= 11 is 0. The van der Waals surface area contributed by atoms with Gasteiger partial charge in [0.05, 0.1) is 0 Å². The molecule has 1 aliphatic heterocycles. The van der Waals surface area contributed by atoms with E-state index in [-0.39, 0.29) is 0 Å². The molecule has 2 aliphatic rings. The predicted molar refractivity (Wildman–Crippen MR) is 86.5 cm³/mol. The molecule has 1 aromatic rings. The summed E-state index contributed by atoms with van der Waals surface area (Å²) in [7, 11) is 0. The van der Waals surface area contributed by atoms with Crippen LogP contribution in [0.15, 0.2) is 18.2 Å². The van der Waals surface area contributed by atoms with Gasteiger partial charge in [0.15, 0.2) is 0 Å². The van der Waals surface area contributed by atoms with Gasteiger partial charge in [-0.3, -0.25) is 4.90 Å². The lowest BCUT2D eigenvalue weighted by Crippen LogP contribution is -2.50. The van der Waals surface area contributed by atoms with Gasteiger partial charge in [0.2, 0.25) is 0 Å². The minimum Gasteiger partial charge on any atom is -0.369 e. The van der Waals surface area contributed by atoms with Crippen molar-refractivity contribution in [3.63, 3.8) is 0 Å². The van der Waals surface area contributed by atoms with Gasteiger partial charge in [-0.15, -0.1) is 0 Å². The second-order valence-electron chi connectivity index (χ2n) is 6.89. The minimum atomic E-state index is 0.866. The van der Waals surface area contributed by atoms with Crippen LogP contribution in [0.4, 0.5) is 5.69 Å². The lowest BCUT2D eigenvalue weighted by Gasteiger charge is -2.39. The third-order valence-electron chi connectivity index (χ3n) is 5.20. The molecule has 2 nitrogen and oxygen atoms in total. The average molecular weight is 272 g/mol. The number of aryl methyl sites for hydroxylation is 2. The van der Waals surface area contributed by atoms with E-state index in [0.717, 1.165) is 12.0 Å². The summed E-state index contributed by atoms with van der Waals surface area (Å²) in [6, 6.07) is 7.69. The van der Waals surface area contributed by atoms with Gasteiger partial charge >= 0.3 is 0 Å². The number of anilines is 1. The Labute approximate surface area is 123 Å². The van der Waals surface area contributed by atoms with E-state index in [1.54, 1.807) is 0 Å². The zero-order valence-electron chi connectivity index (χ0n) is 13.2. The summed E-state index contributed by atoms with van der Waals surface area (Å²) in [6.07, 6.45) is 4.27. The van der Waals surface area contributed by atoms with E-state index in [0.29, 0.717) is 0 Å². The fourth-order valence-electron chi connectivity index (χ4n) is 3.90. The van der Waals surface area contributed by atoms with Gasteiger partial charge in [-0.25, -0.2) is 0 Å². The predicted octanol–water partition coefficient (Wildman–Crippen LogP) is 3.61. The van der Waals surface area contributed by atoms with Crippen LogP contribution in [0.2, 0.25) is 0 Å². The molecule has 1 heterocycles. The molecule has 2 unspecified atom stereocenters. The highest BCUT2D eigenvalue weighted by atomic mass is 15.3. The molecule has 0 radical (unpaired) electrons. The highest BCUT2D eigenvalue weighted by molar-refractivity contribution is 5.55. The Kier molecular flexibility index (Phi) is 4.02. The Bertz CT molecular complexity index is 460. The van der Waals surface area contributed by atoms with Gasteiger partial charge < -0.3 is 4.90 Å². The number of hydrogen-bond acceptors (Lipinski definition) is 2. The van der Waals surface area contributed by atoms with Crippen molar-refractivity contribution in [1.29, 1.82) is 0 Å². The summed E-state index contributed by atoms with van der Waals surface area (Å²) in [5, 5.41) is 0. The zero-order chi connectivity index (χ0) is 14.1. The van der Waals surface area contributed by atoms with Crippen LogP contribution in [0, 0.1) is 19.8 Å². The second kappa shape index (κ2) is 5.77. The molecule has 2 atom stereocenters. The zero-order valence-corrected chi connectivity index (χ0v) is 13.2. The molecule has 0 amide bonds. The van der Waals surface area contributed by atoms with Gasteiger partial charge in [0.1, 0.15) is 0 Å². The topological polar surface area (TPSA) is 6.48 Å². The summed E-state index contributed by atoms with van der Waals surface area (Å²) in [5.74, 6) is 0.942. The van der Waals surface area contributed by atoms with Crippen LogP contribution in [-0.4, -0.2) is 37.1 Å². The van der Waals surface area contributed by atoms with E-state index >= 15 is 0 Å². The molecule has 1 aromatic carbocycles. The maximum atomic E-state index is 2.74. The van der Waals surface area contributed by atoms with Crippen LogP contribution in [0.3, 0.4) is 0 Å². The summed E-state index contributed by atoms with van der Waals surface area (Å²) < 4.78 is 0. The quantitative estimate of drug-likeness (QED) is 0.811. The van der Waals surface area contributed by atoms with E-state index in [2.05, 4.69) is 48.8 Å². The van der Waals surface area contributed by atoms with E-state index < -0.39 is 0 Å². The minimum absolute atomic E-state index is 0.866. The van der Waals surface area contributed by atoms with E-state index in [1.165, 1.54) is 62.3 Å². The molecule has 3 rings (SSSR count). The lowest BCUT2D eigenvalue weighted by atomic mass is 10.1. The normalized spacial score (nSPS) is 28.1. The standard InChI is InChI=1S/C18H28N2/c1-14-5-7-17(12-14)19-8-10-20(11-9-19)18-13-15(2)4-6-16(18)3/h4,6,13-14,17H,5,7-12H2,1-3H3. The van der Waals surface area contributed by atoms with Gasteiger partial charge in [-0.05, 0) is 56.2 Å². The van der Waals surface area contributed by atoms with Crippen molar-refractivity contribution in [2.45, 2.75) is 46.1 Å². The Morgan fingerprint density at radius 3 is 2.40 bits per heavy atom. The average Bonchev–Trinajstić information content (AvgIpc) is 2.88. The summed E-state index contributed by atoms with van der Waals surface area (Å²) in [6.45, 7) is 11.7. The molecule has 2 fully saturated rings. The van der Waals surface area contributed by atoms with Crippen molar-refractivity contribution in [1.82, 2.24) is 4.90 Å². The molecule has 20 heavy (non-hydrogen) atoms. The van der Waals surface area contributed by atoms with Crippen LogP contribution in [-0.2, 0) is 0 Å². The first kappa shape index (κ1) is 13.9. The molecule has 2 heteroatoms. The molecule has 110 valence electrons. The molecule has 0 spiro atoms. The maximum Gasteiger partial charge on any atom is 0.0399 e. The SMILES string of the molecule is Cc1ccc(C)c(N2CCN(C3CCC(C)C3)CC2)c1. The molecule has 0 aromatic heterocycles. The van der Waals surface area contributed by atoms with Crippen molar-refractivity contribution in [2.75, 3.05) is 31.1 Å². The Morgan fingerprint density at radius 1 is 1.00 bits per heavy atom. The fraction of sp³-hybridized carbons (Fsp3) is 0.667. The van der Waals surface area contributed by atoms with Crippen molar-refractivity contribution >= 4 is 5.69 Å². The molecular weight excluding hydrogens is 244 g/mol. The highest BCUT2D eigenvalue weighted by Crippen LogP contribution is 2.30. The Balaban J connectivity index is 1.62. The van der Waals surface area contributed by atoms with E-state index in [4.69, 9.17) is 0 Å². The summed E-state index contributed by atoms with van der Waals surface area (Å²) in [5.41, 5.74) is 4.24. The monoisotopic (exact) mass is 272 g/mol. The van der Waals surface area contributed by atoms with Crippen LogP contribution in [0.5, 0.6) is 0 Å². The van der Waals surface area contributed by atoms with Crippen LogP contribution < -0.4 is 4.90 Å². The summed E-state index contributed by atoms with van der Waals surface area (Å²) in [4.78, 5) is 5.32. The second-order valence-corrected chi connectivity index (χ2v) is 6.89. The van der Waals surface area contributed by atoms with Crippen molar-refractivity contribution in [3.05, 3.63) is 29.3 Å². The fourth-order valence-corrected chi connectivity index (χ4v) is 3.90. The smallest absolute Gasteiger partial charge is 0.0399 e. The maximum absolute atomic E-state index is 2.74. The van der Waals surface area contributed by atoms with Gasteiger partial charge in [0.25, 0.3) is 0 Å². The molecule has 1 saturated carbocycles. The highest BCUT2D eigenvalue weighted by Gasteiger charge is 2.29. The Morgan fingerprint density at radius 2 is 1.75 bits per heavy atom. The van der Waals surface area contributed by atoms with Crippen molar-refractivity contribution in [2.24, 2.45) is 5.92 Å². The third kappa shape index (κ3) is 2.85. The largest absolute Gasteiger partial charge is 0.369 e. The number of nitrogens with zero attached hydrogens (tertiary/aromatic N) is 2. The molecule has 1 aliphatic carbocycles. The van der Waals surface area contributed by atoms with Crippen molar-refractivity contribution < 1.29 is 0 Å². The van der Waals surface area contributed by atoms with Gasteiger partial charge in [-0.2, -0.15) is 0 Å². The molecular formula is C18H28N2. The Hall–Kier alpha value is -1.02. The number of benzene rings is 1. The van der Waals surface area contributed by atoms with Gasteiger partial charge in [-0.1, -0.05) is 19.1 Å². The number of piperazine rings is 1. The third-order valence-corrected chi connectivity index (χ3v) is 5.20.